The van der Waals surface area contributed by atoms with Crippen molar-refractivity contribution in [3.05, 3.63) is 138 Å². The first-order valence-electron chi connectivity index (χ1n) is 20.6. The molecule has 0 amide bonds. The number of anilines is 1. The number of esters is 4. The zero-order chi connectivity index (χ0) is 43.2. The molecule has 0 aliphatic heterocycles. The van der Waals surface area contributed by atoms with E-state index < -0.39 is 5.97 Å². The van der Waals surface area contributed by atoms with Gasteiger partial charge in [0.2, 0.25) is 0 Å². The molecule has 318 valence electrons. The van der Waals surface area contributed by atoms with Crippen molar-refractivity contribution in [3.8, 4) is 11.5 Å². The SMILES string of the molecule is C=C(C)C(=O)OCCCCCCOc1ccc(C(=O)Oc2ccc(CNc3ccc(N=Nc4ccc(C(=O)OCCCCCCOC(C)=O)cc4)c4ccccc34)cc2)cc1. The highest BCUT2D eigenvalue weighted by atomic mass is 16.5. The van der Waals surface area contributed by atoms with Crippen LogP contribution in [0.2, 0.25) is 0 Å². The number of hydrogen-bond donors (Lipinski definition) is 1. The molecule has 61 heavy (non-hydrogen) atoms. The summed E-state index contributed by atoms with van der Waals surface area (Å²) in [6, 6.07) is 32.9. The first-order chi connectivity index (χ1) is 29.7. The van der Waals surface area contributed by atoms with E-state index in [1.165, 1.54) is 6.92 Å². The zero-order valence-electron chi connectivity index (χ0n) is 34.9. The Balaban J connectivity index is 1.04. The van der Waals surface area contributed by atoms with Gasteiger partial charge in [-0.2, -0.15) is 5.11 Å². The highest BCUT2D eigenvalue weighted by Crippen LogP contribution is 2.33. The first-order valence-corrected chi connectivity index (χ1v) is 20.6. The summed E-state index contributed by atoms with van der Waals surface area (Å²) in [6.45, 7) is 8.82. The van der Waals surface area contributed by atoms with E-state index in [0.29, 0.717) is 72.5 Å². The fourth-order valence-electron chi connectivity index (χ4n) is 6.08. The average Bonchev–Trinajstić information content (AvgIpc) is 3.27. The minimum Gasteiger partial charge on any atom is -0.494 e. The van der Waals surface area contributed by atoms with E-state index >= 15 is 0 Å². The van der Waals surface area contributed by atoms with Crippen LogP contribution in [0.5, 0.6) is 11.5 Å². The summed E-state index contributed by atoms with van der Waals surface area (Å²) in [5, 5.41) is 14.4. The van der Waals surface area contributed by atoms with Crippen molar-refractivity contribution in [2.45, 2.75) is 71.8 Å². The second-order valence-electron chi connectivity index (χ2n) is 14.4. The van der Waals surface area contributed by atoms with Crippen LogP contribution in [0.3, 0.4) is 0 Å². The topological polar surface area (TPSA) is 151 Å². The molecule has 12 nitrogen and oxygen atoms in total. The Bertz CT molecular complexity index is 2250. The lowest BCUT2D eigenvalue weighted by Crippen LogP contribution is -2.08. The molecule has 0 aromatic heterocycles. The van der Waals surface area contributed by atoms with Crippen molar-refractivity contribution in [3.63, 3.8) is 0 Å². The fraction of sp³-hybridized carbons (Fsp3) is 0.306. The Hall–Kier alpha value is -6.82. The van der Waals surface area contributed by atoms with Gasteiger partial charge in [-0.1, -0.05) is 43.0 Å². The van der Waals surface area contributed by atoms with Crippen LogP contribution in [0.4, 0.5) is 17.1 Å². The monoisotopic (exact) mass is 827 g/mol. The maximum atomic E-state index is 12.8. The second kappa shape index (κ2) is 24.3. The molecule has 12 heteroatoms. The van der Waals surface area contributed by atoms with Crippen molar-refractivity contribution in [2.75, 3.05) is 31.7 Å². The Morgan fingerprint density at radius 2 is 1.13 bits per heavy atom. The molecule has 5 rings (SSSR count). The minimum absolute atomic E-state index is 0.274. The standard InChI is InChI=1S/C49H53N3O9/c1-35(2)47(54)59-32-12-7-5-11-31-58-41-26-20-39(21-27-41)49(56)61-42-24-16-37(17-25-42)34-50-45-28-29-46(44-15-9-8-14-43(44)45)52-51-40-22-18-38(19-23-40)48(55)60-33-13-6-4-10-30-57-36(3)53/h8-9,14-29,50H,1,4-7,10-13,30-34H2,2-3H3. The number of fused-ring (bicyclic) bond motifs is 1. The van der Waals surface area contributed by atoms with Gasteiger partial charge in [0, 0.05) is 35.5 Å². The molecular weight excluding hydrogens is 775 g/mol. The number of rotatable bonds is 24. The normalized spacial score (nSPS) is 10.9. The van der Waals surface area contributed by atoms with Crippen LogP contribution in [0.1, 0.15) is 91.5 Å². The summed E-state index contributed by atoms with van der Waals surface area (Å²) in [5.41, 5.74) is 4.50. The lowest BCUT2D eigenvalue weighted by Gasteiger charge is -2.12. The molecule has 0 spiro atoms. The summed E-state index contributed by atoms with van der Waals surface area (Å²) in [7, 11) is 0. The quantitative estimate of drug-likeness (QED) is 0.0159. The number of nitrogens with one attached hydrogen (secondary N) is 1. The summed E-state index contributed by atoms with van der Waals surface area (Å²) in [6.07, 6.45) is 6.87. The Kier molecular flexibility index (Phi) is 18.0. The minimum atomic E-state index is -0.459. The third-order valence-electron chi connectivity index (χ3n) is 9.45. The van der Waals surface area contributed by atoms with Crippen LogP contribution < -0.4 is 14.8 Å². The zero-order valence-corrected chi connectivity index (χ0v) is 34.9. The molecule has 0 fully saturated rings. The van der Waals surface area contributed by atoms with E-state index in [-0.39, 0.29) is 17.9 Å². The highest BCUT2D eigenvalue weighted by molar-refractivity contribution is 6.01. The van der Waals surface area contributed by atoms with Gasteiger partial charge in [0.15, 0.2) is 0 Å². The van der Waals surface area contributed by atoms with Gasteiger partial charge in [0.05, 0.1) is 48.9 Å². The molecule has 0 radical (unpaired) electrons. The van der Waals surface area contributed by atoms with Crippen molar-refractivity contribution in [2.24, 2.45) is 10.2 Å². The predicted octanol–water partition coefficient (Wildman–Crippen LogP) is 11.4. The molecule has 5 aromatic rings. The number of unbranched alkanes of at least 4 members (excludes halogenated alkanes) is 6. The molecule has 0 saturated carbocycles. The number of azo groups is 1. The molecule has 5 aromatic carbocycles. The van der Waals surface area contributed by atoms with Gasteiger partial charge < -0.3 is 29.0 Å². The van der Waals surface area contributed by atoms with Crippen LogP contribution >= 0.6 is 0 Å². The smallest absolute Gasteiger partial charge is 0.343 e. The van der Waals surface area contributed by atoms with E-state index in [1.807, 2.05) is 48.5 Å². The van der Waals surface area contributed by atoms with Crippen LogP contribution in [0, 0.1) is 0 Å². The van der Waals surface area contributed by atoms with Gasteiger partial charge in [-0.15, -0.1) is 5.11 Å². The molecule has 0 saturated heterocycles. The van der Waals surface area contributed by atoms with Crippen LogP contribution in [0.15, 0.2) is 132 Å². The lowest BCUT2D eigenvalue weighted by molar-refractivity contribution is -0.141. The third kappa shape index (κ3) is 15.4. The fourth-order valence-corrected chi connectivity index (χ4v) is 6.08. The molecule has 0 aliphatic rings. The Morgan fingerprint density at radius 3 is 1.79 bits per heavy atom. The van der Waals surface area contributed by atoms with Crippen molar-refractivity contribution in [1.29, 1.82) is 0 Å². The first kappa shape index (κ1) is 45.3. The molecule has 0 aliphatic carbocycles. The Morgan fingerprint density at radius 1 is 0.557 bits per heavy atom. The van der Waals surface area contributed by atoms with Gasteiger partial charge >= 0.3 is 23.9 Å². The molecule has 0 atom stereocenters. The van der Waals surface area contributed by atoms with Gasteiger partial charge in [0.1, 0.15) is 11.5 Å². The van der Waals surface area contributed by atoms with Gasteiger partial charge in [-0.3, -0.25) is 4.79 Å². The predicted molar refractivity (Wildman–Crippen MR) is 235 cm³/mol. The number of ether oxygens (including phenoxy) is 5. The molecule has 0 bridgehead atoms. The van der Waals surface area contributed by atoms with E-state index in [2.05, 4.69) is 22.1 Å². The van der Waals surface area contributed by atoms with E-state index in [1.54, 1.807) is 67.6 Å². The van der Waals surface area contributed by atoms with E-state index in [9.17, 15) is 19.2 Å². The van der Waals surface area contributed by atoms with Crippen molar-refractivity contribution in [1.82, 2.24) is 0 Å². The van der Waals surface area contributed by atoms with Gasteiger partial charge in [0.25, 0.3) is 0 Å². The van der Waals surface area contributed by atoms with Crippen LogP contribution in [-0.2, 0) is 30.3 Å². The summed E-state index contributed by atoms with van der Waals surface area (Å²) in [4.78, 5) is 47.5. The highest BCUT2D eigenvalue weighted by Gasteiger charge is 2.11. The largest absolute Gasteiger partial charge is 0.494 e. The summed E-state index contributed by atoms with van der Waals surface area (Å²) >= 11 is 0. The van der Waals surface area contributed by atoms with Crippen molar-refractivity contribution >= 4 is 51.7 Å². The number of nitrogens with zero attached hydrogens (tertiary/aromatic N) is 2. The lowest BCUT2D eigenvalue weighted by atomic mass is 10.1. The molecular formula is C49H53N3O9. The maximum absolute atomic E-state index is 12.8. The van der Waals surface area contributed by atoms with Gasteiger partial charge in [-0.25, -0.2) is 14.4 Å². The number of carbonyl (C=O) groups is 4. The summed E-state index contributed by atoms with van der Waals surface area (Å²) in [5.74, 6) is -0.360. The third-order valence-corrected chi connectivity index (χ3v) is 9.45. The van der Waals surface area contributed by atoms with E-state index in [0.717, 1.165) is 73.4 Å². The number of benzene rings is 5. The maximum Gasteiger partial charge on any atom is 0.343 e. The number of carbonyl (C=O) groups excluding carboxylic acids is 4. The van der Waals surface area contributed by atoms with Crippen LogP contribution in [-0.4, -0.2) is 50.3 Å². The molecule has 0 heterocycles. The second-order valence-corrected chi connectivity index (χ2v) is 14.4. The molecule has 1 N–H and O–H groups in total. The average molecular weight is 828 g/mol. The van der Waals surface area contributed by atoms with Crippen LogP contribution in [0.25, 0.3) is 10.8 Å². The van der Waals surface area contributed by atoms with Gasteiger partial charge in [-0.05, 0) is 137 Å². The summed E-state index contributed by atoms with van der Waals surface area (Å²) < 4.78 is 26.9. The van der Waals surface area contributed by atoms with Crippen molar-refractivity contribution < 1.29 is 42.9 Å². The van der Waals surface area contributed by atoms with E-state index in [4.69, 9.17) is 23.7 Å². The molecule has 0 unspecified atom stereocenters. The number of hydrogen-bond acceptors (Lipinski definition) is 12. The Labute approximate surface area is 356 Å².